The molecule has 0 aliphatic carbocycles. The number of nitrogens with one attached hydrogen (secondary N) is 6. The van der Waals surface area contributed by atoms with Gasteiger partial charge in [-0.05, 0) is 62.9 Å². The van der Waals surface area contributed by atoms with Gasteiger partial charge < -0.3 is 20.2 Å². The summed E-state index contributed by atoms with van der Waals surface area (Å²) in [6.07, 6.45) is 5.07. The van der Waals surface area contributed by atoms with E-state index in [2.05, 4.69) is 36.0 Å². The molecule has 2 amide bonds. The molecule has 0 saturated carbocycles. The first-order valence-electron chi connectivity index (χ1n) is 25.6. The molecule has 6 N–H and O–H groups in total. The number of rotatable bonds is 20. The smallest absolute Gasteiger partial charge is 0.352 e. The van der Waals surface area contributed by atoms with Gasteiger partial charge in [-0.2, -0.15) is 4.72 Å². The Labute approximate surface area is 455 Å². The summed E-state index contributed by atoms with van der Waals surface area (Å²) >= 11 is -4.32. The van der Waals surface area contributed by atoms with Crippen molar-refractivity contribution in [1.29, 1.82) is 0 Å². The van der Waals surface area contributed by atoms with Crippen LogP contribution in [0.2, 0.25) is 0 Å². The summed E-state index contributed by atoms with van der Waals surface area (Å²) < 4.78 is 47.7. The number of benzene rings is 2. The van der Waals surface area contributed by atoms with Gasteiger partial charge in [0.2, 0.25) is 15.5 Å². The fourth-order valence-electron chi connectivity index (χ4n) is 9.59. The standard InChI is InChI=1S/C50H70N12O13S.In/c1-6-39(56-42(31-63)61-20-18-59(29-44(67)68)16-14-58(28-43(65)66)15-17-60(19-21-61)30-45(69)70)49(73)51-10-7-13-62-27-38(46(71)37-9-8-36(24-41(37)62)25-55-50-52-11-12-53-50)48(72)54-26-40(35(5)64)57-76(74,75)47-33(3)22-32(2)23-34(47)4;/h8-9,11-12,22-24,27,31,39-40,42,56-57H,6-7,10,13-21,25-26,28-30H2,1-5H3,(H,51,73)(H,54,72)(H,65,66)(H,67,68)(H,69,70)(H2,52,53,55);/q;+3/p-3/t39-,40?,42?;/m0./s1. The number of aldehydes is 1. The van der Waals surface area contributed by atoms with Crippen molar-refractivity contribution in [1.82, 2.24) is 54.8 Å². The Morgan fingerprint density at radius 2 is 1.43 bits per heavy atom. The van der Waals surface area contributed by atoms with Gasteiger partial charge in [0.1, 0.15) is 11.3 Å². The second kappa shape index (κ2) is 27.0. The second-order valence-corrected chi connectivity index (χ2v) is 24.7. The maximum atomic E-state index is 14.1. The molecular formula is C50H67InN12O13S. The topological polar surface area (TPSA) is 305 Å². The molecule has 5 heterocycles. The van der Waals surface area contributed by atoms with Crippen LogP contribution in [-0.2, 0) is 60.4 Å². The predicted molar refractivity (Wildman–Crippen MR) is 282 cm³/mol. The third kappa shape index (κ3) is 16.0. The summed E-state index contributed by atoms with van der Waals surface area (Å²) in [6.45, 7) is 10.9. The Hall–Kier alpha value is -6.07. The van der Waals surface area contributed by atoms with Crippen LogP contribution < -0.4 is 31.4 Å². The predicted octanol–water partition coefficient (Wildman–Crippen LogP) is -0.809. The van der Waals surface area contributed by atoms with Crippen LogP contribution in [0.5, 0.6) is 0 Å². The summed E-state index contributed by atoms with van der Waals surface area (Å²) in [5.41, 5.74) is 2.30. The SMILES string of the molecule is CC[C@H](NC(C=O)N1CCN2CCN3CCN(CC1)CC(=O)[O][In]([O]C(=O)C3)[O]C(=O)C2)C(=O)NCCCn1cc(C(=O)NCC(NS(=O)(=O)c2c(C)cc(C)cc2C)C(C)=O)c(=O)c2ccc(CNc3ncc[nH]3)cc21. The molecule has 25 nitrogen and oxygen atoms in total. The molecule has 4 aromatic rings. The first-order chi connectivity index (χ1) is 36.8. The van der Waals surface area contributed by atoms with Crippen molar-refractivity contribution in [2.24, 2.45) is 0 Å². The number of carbonyl (C=O) groups excluding carboxylic acids is 7. The summed E-state index contributed by atoms with van der Waals surface area (Å²) in [5.74, 6) is -3.21. The van der Waals surface area contributed by atoms with Crippen molar-refractivity contribution < 1.29 is 50.5 Å². The molecular weight excluding hydrogens is 1120 g/mol. The van der Waals surface area contributed by atoms with Crippen molar-refractivity contribution in [2.75, 3.05) is 90.4 Å². The van der Waals surface area contributed by atoms with Crippen LogP contribution in [-0.4, -0.2) is 210 Å². The summed E-state index contributed by atoms with van der Waals surface area (Å²) in [6, 6.07) is 6.43. The van der Waals surface area contributed by atoms with E-state index in [1.165, 1.54) is 13.1 Å². The van der Waals surface area contributed by atoms with E-state index >= 15 is 0 Å². The van der Waals surface area contributed by atoms with Crippen molar-refractivity contribution in [3.05, 3.63) is 87.0 Å². The van der Waals surface area contributed by atoms with Crippen LogP contribution in [0, 0.1) is 20.8 Å². The molecule has 2 aromatic heterocycles. The van der Waals surface area contributed by atoms with Crippen LogP contribution in [0.15, 0.2) is 58.6 Å². The number of anilines is 1. The van der Waals surface area contributed by atoms with Crippen LogP contribution in [0.25, 0.3) is 10.9 Å². The Balaban J connectivity index is 1.04. The van der Waals surface area contributed by atoms with Crippen molar-refractivity contribution in [2.45, 2.75) is 83.7 Å². The molecule has 3 fully saturated rings. The Morgan fingerprint density at radius 3 is 1.97 bits per heavy atom. The zero-order valence-electron chi connectivity index (χ0n) is 43.9. The second-order valence-electron chi connectivity index (χ2n) is 19.4. The number of aryl methyl sites for hydroxylation is 4. The van der Waals surface area contributed by atoms with E-state index in [0.29, 0.717) is 101 Å². The summed E-state index contributed by atoms with van der Waals surface area (Å²) in [5, 5.41) is 12.2. The van der Waals surface area contributed by atoms with Crippen LogP contribution in [0.4, 0.5) is 5.95 Å². The number of ketones is 1. The Bertz CT molecular complexity index is 2940. The molecule has 3 aliphatic rings. The van der Waals surface area contributed by atoms with Gasteiger partial charge in [0, 0.05) is 50.2 Å². The van der Waals surface area contributed by atoms with Gasteiger partial charge in [-0.15, -0.1) is 0 Å². The van der Waals surface area contributed by atoms with Gasteiger partial charge in [-0.1, -0.05) is 23.8 Å². The number of nitrogens with zero attached hydrogens (tertiary/aromatic N) is 6. The van der Waals surface area contributed by atoms with Gasteiger partial charge in [-0.25, -0.2) is 13.4 Å². The van der Waals surface area contributed by atoms with E-state index in [0.717, 1.165) is 11.1 Å². The monoisotopic (exact) mass is 1190 g/mol. The van der Waals surface area contributed by atoms with Gasteiger partial charge in [0.05, 0.1) is 16.5 Å². The van der Waals surface area contributed by atoms with Gasteiger partial charge in [0.25, 0.3) is 5.91 Å². The van der Waals surface area contributed by atoms with Crippen LogP contribution in [0.3, 0.4) is 0 Å². The Morgan fingerprint density at radius 1 is 0.831 bits per heavy atom. The van der Waals surface area contributed by atoms with Crippen LogP contribution in [0.1, 0.15) is 59.3 Å². The van der Waals surface area contributed by atoms with Gasteiger partial charge in [0.15, 0.2) is 5.95 Å². The minimum Gasteiger partial charge on any atom is -0.352 e. The first kappa shape index (κ1) is 58.6. The zero-order valence-corrected chi connectivity index (χ0v) is 48.0. The van der Waals surface area contributed by atoms with E-state index in [-0.39, 0.29) is 54.5 Å². The van der Waals surface area contributed by atoms with E-state index in [9.17, 15) is 46.8 Å². The number of Topliss-reactive ketones (excluding diaryl/α,β-unsaturated/α-hetero) is 1. The number of imidazole rings is 1. The van der Waals surface area contributed by atoms with Crippen LogP contribution >= 0.6 is 0 Å². The van der Waals surface area contributed by atoms with E-state index < -0.39 is 92.6 Å². The maximum absolute atomic E-state index is 14.1. The van der Waals surface area contributed by atoms with Gasteiger partial charge in [-0.3, -0.25) is 14.4 Å². The average Bonchev–Trinajstić information content (AvgIpc) is 3.89. The molecule has 414 valence electrons. The molecule has 3 aliphatic heterocycles. The average molecular weight is 1190 g/mol. The van der Waals surface area contributed by atoms with E-state index in [4.69, 9.17) is 8.56 Å². The minimum atomic E-state index is -4.32. The number of amides is 2. The number of H-pyrrole nitrogens is 1. The number of fused-ring (bicyclic) bond motifs is 8. The molecule has 27 heteroatoms. The fourth-order valence-corrected chi connectivity index (χ4v) is 14.2. The van der Waals surface area contributed by atoms with Crippen molar-refractivity contribution in [3.8, 4) is 0 Å². The zero-order chi connectivity index (χ0) is 55.4. The number of carbonyl (C=O) groups is 7. The van der Waals surface area contributed by atoms with Crippen molar-refractivity contribution in [3.63, 3.8) is 0 Å². The number of aromatic amines is 1. The molecule has 0 spiro atoms. The third-order valence-electron chi connectivity index (χ3n) is 13.6. The first-order valence-corrected chi connectivity index (χ1v) is 31.1. The summed E-state index contributed by atoms with van der Waals surface area (Å²) in [7, 11) is -4.21. The molecule has 0 radical (unpaired) electrons. The molecule has 4 bridgehead atoms. The molecule has 3 saturated heterocycles. The molecule has 2 aromatic carbocycles. The number of hydrogen-bond acceptors (Lipinski definition) is 20. The third-order valence-corrected chi connectivity index (χ3v) is 19.3. The molecule has 5 atom stereocenters. The summed E-state index contributed by atoms with van der Waals surface area (Å²) in [4.78, 5) is 121. The number of hydrogen-bond donors (Lipinski definition) is 6. The number of sulfonamides is 1. The van der Waals surface area contributed by atoms with Crippen molar-refractivity contribution >= 4 is 91.4 Å². The molecule has 4 unspecified atom stereocenters. The minimum absolute atomic E-state index is 0.0314. The number of aromatic nitrogens is 3. The molecule has 77 heavy (non-hydrogen) atoms. The van der Waals surface area contributed by atoms with E-state index in [1.807, 2.05) is 32.6 Å². The fraction of sp³-hybridized carbons (Fsp3) is 0.500. The normalized spacial score (nSPS) is 20.0. The Kier molecular flexibility index (Phi) is 20.6. The number of pyridine rings is 1. The quantitative estimate of drug-likeness (QED) is 0.0466. The molecule has 7 rings (SSSR count). The van der Waals surface area contributed by atoms with E-state index in [1.54, 1.807) is 62.0 Å². The van der Waals surface area contributed by atoms with Gasteiger partial charge >= 0.3 is 213 Å².